The molecule has 0 aromatic heterocycles. The zero-order chi connectivity index (χ0) is 9.52. The quantitative estimate of drug-likeness (QED) is 0.580. The van der Waals surface area contributed by atoms with Crippen LogP contribution in [0.1, 0.15) is 12.8 Å². The van der Waals surface area contributed by atoms with Crippen LogP contribution in [0.3, 0.4) is 0 Å². The highest BCUT2D eigenvalue weighted by Crippen LogP contribution is 2.07. The van der Waals surface area contributed by atoms with Gasteiger partial charge in [0.15, 0.2) is 0 Å². The van der Waals surface area contributed by atoms with E-state index in [0.29, 0.717) is 13.2 Å². The number of ether oxygens (including phenoxy) is 2. The fraction of sp³-hybridized carbons (Fsp3) is 0.889. The molecule has 1 aliphatic rings. The van der Waals surface area contributed by atoms with Crippen LogP contribution in [0.25, 0.3) is 0 Å². The van der Waals surface area contributed by atoms with Crippen LogP contribution in [0.4, 0.5) is 0 Å². The first-order valence-electron chi connectivity index (χ1n) is 4.69. The molecule has 0 aliphatic carbocycles. The first-order valence-corrected chi connectivity index (χ1v) is 4.69. The lowest BCUT2D eigenvalue weighted by Crippen LogP contribution is -2.31. The Kier molecular flexibility index (Phi) is 4.78. The minimum Gasteiger partial charge on any atom is -0.382 e. The van der Waals surface area contributed by atoms with Crippen molar-refractivity contribution in [1.82, 2.24) is 4.90 Å². The van der Waals surface area contributed by atoms with Crippen LogP contribution in [-0.2, 0) is 14.3 Å². The molecular weight excluding hydrogens is 170 g/mol. The van der Waals surface area contributed by atoms with Gasteiger partial charge in [0, 0.05) is 20.2 Å². The van der Waals surface area contributed by atoms with Crippen molar-refractivity contribution in [1.29, 1.82) is 0 Å². The van der Waals surface area contributed by atoms with Gasteiger partial charge in [0.25, 0.3) is 0 Å². The fourth-order valence-electron chi connectivity index (χ4n) is 1.36. The summed E-state index contributed by atoms with van der Waals surface area (Å²) in [7, 11) is 1.62. The smallest absolute Gasteiger partial charge is 0.248 e. The number of hydrogen-bond donors (Lipinski definition) is 0. The third-order valence-corrected chi connectivity index (χ3v) is 2.12. The van der Waals surface area contributed by atoms with E-state index in [-0.39, 0.29) is 12.5 Å². The van der Waals surface area contributed by atoms with Gasteiger partial charge in [0.2, 0.25) is 5.91 Å². The van der Waals surface area contributed by atoms with Crippen LogP contribution in [0.15, 0.2) is 0 Å². The molecular formula is C9H17NO3. The van der Waals surface area contributed by atoms with Crippen molar-refractivity contribution in [2.45, 2.75) is 12.8 Å². The average molecular weight is 187 g/mol. The van der Waals surface area contributed by atoms with Crippen molar-refractivity contribution in [3.63, 3.8) is 0 Å². The summed E-state index contributed by atoms with van der Waals surface area (Å²) in [5.41, 5.74) is 0. The Hall–Kier alpha value is -0.610. The lowest BCUT2D eigenvalue weighted by atomic mass is 10.4. The number of methoxy groups -OCH3 is 1. The molecule has 0 radical (unpaired) electrons. The topological polar surface area (TPSA) is 38.8 Å². The molecule has 1 rings (SSSR count). The molecule has 1 heterocycles. The van der Waals surface area contributed by atoms with Crippen molar-refractivity contribution < 1.29 is 14.3 Å². The molecule has 0 aromatic rings. The largest absolute Gasteiger partial charge is 0.382 e. The van der Waals surface area contributed by atoms with Gasteiger partial charge < -0.3 is 14.4 Å². The molecule has 0 N–H and O–H groups in total. The van der Waals surface area contributed by atoms with Gasteiger partial charge in [-0.15, -0.1) is 0 Å². The van der Waals surface area contributed by atoms with E-state index in [4.69, 9.17) is 9.47 Å². The number of carbonyl (C=O) groups is 1. The summed E-state index contributed by atoms with van der Waals surface area (Å²) in [5, 5.41) is 0. The van der Waals surface area contributed by atoms with Gasteiger partial charge in [-0.2, -0.15) is 0 Å². The van der Waals surface area contributed by atoms with E-state index in [1.165, 1.54) is 0 Å². The van der Waals surface area contributed by atoms with E-state index in [9.17, 15) is 4.79 Å². The molecule has 0 unspecified atom stereocenters. The summed E-state index contributed by atoms with van der Waals surface area (Å²) in [6.45, 7) is 3.03. The Morgan fingerprint density at radius 2 is 2.00 bits per heavy atom. The predicted molar refractivity (Wildman–Crippen MR) is 48.5 cm³/mol. The molecule has 0 atom stereocenters. The minimum atomic E-state index is 0.105. The monoisotopic (exact) mass is 187 g/mol. The maximum absolute atomic E-state index is 11.4. The van der Waals surface area contributed by atoms with E-state index >= 15 is 0 Å². The highest BCUT2D eigenvalue weighted by atomic mass is 16.5. The lowest BCUT2D eigenvalue weighted by Gasteiger charge is -2.14. The van der Waals surface area contributed by atoms with Crippen molar-refractivity contribution in [3.8, 4) is 0 Å². The van der Waals surface area contributed by atoms with E-state index in [1.54, 1.807) is 7.11 Å². The zero-order valence-corrected chi connectivity index (χ0v) is 8.12. The molecule has 4 nitrogen and oxygen atoms in total. The molecule has 1 aliphatic heterocycles. The van der Waals surface area contributed by atoms with Crippen molar-refractivity contribution >= 4 is 5.91 Å². The number of likely N-dealkylation sites (tertiary alicyclic amines) is 1. The SMILES string of the molecule is COCCOCC(=O)N1CCCC1. The molecule has 0 spiro atoms. The molecule has 0 aromatic carbocycles. The Morgan fingerprint density at radius 1 is 1.31 bits per heavy atom. The standard InChI is InChI=1S/C9H17NO3/c1-12-6-7-13-8-9(11)10-4-2-3-5-10/h2-8H2,1H3. The molecule has 76 valence electrons. The second kappa shape index (κ2) is 5.94. The molecule has 1 fully saturated rings. The van der Waals surface area contributed by atoms with Crippen molar-refractivity contribution in [3.05, 3.63) is 0 Å². The Morgan fingerprint density at radius 3 is 2.62 bits per heavy atom. The summed E-state index contributed by atoms with van der Waals surface area (Å²) in [6, 6.07) is 0. The third-order valence-electron chi connectivity index (χ3n) is 2.12. The highest BCUT2D eigenvalue weighted by Gasteiger charge is 2.17. The van der Waals surface area contributed by atoms with Crippen LogP contribution in [0, 0.1) is 0 Å². The van der Waals surface area contributed by atoms with E-state index < -0.39 is 0 Å². The molecule has 13 heavy (non-hydrogen) atoms. The van der Waals surface area contributed by atoms with Crippen LogP contribution in [0.5, 0.6) is 0 Å². The normalized spacial score (nSPS) is 16.5. The number of hydrogen-bond acceptors (Lipinski definition) is 3. The summed E-state index contributed by atoms with van der Waals surface area (Å²) in [6.07, 6.45) is 2.26. The second-order valence-corrected chi connectivity index (χ2v) is 3.13. The van der Waals surface area contributed by atoms with E-state index in [2.05, 4.69) is 0 Å². The number of rotatable bonds is 5. The van der Waals surface area contributed by atoms with E-state index in [1.807, 2.05) is 4.90 Å². The first kappa shape index (κ1) is 10.5. The summed E-state index contributed by atoms with van der Waals surface area (Å²) >= 11 is 0. The predicted octanol–water partition coefficient (Wildman–Crippen LogP) is 0.272. The summed E-state index contributed by atoms with van der Waals surface area (Å²) in [4.78, 5) is 13.2. The average Bonchev–Trinajstić information content (AvgIpc) is 2.65. The number of amides is 1. The van der Waals surface area contributed by atoms with Gasteiger partial charge >= 0.3 is 0 Å². The van der Waals surface area contributed by atoms with Crippen LogP contribution in [-0.4, -0.2) is 50.8 Å². The van der Waals surface area contributed by atoms with Gasteiger partial charge in [0.1, 0.15) is 6.61 Å². The van der Waals surface area contributed by atoms with Gasteiger partial charge in [-0.25, -0.2) is 0 Å². The Labute approximate surface area is 78.8 Å². The van der Waals surface area contributed by atoms with Crippen molar-refractivity contribution in [2.75, 3.05) is 40.0 Å². The number of nitrogens with zero attached hydrogens (tertiary/aromatic N) is 1. The molecule has 4 heteroatoms. The van der Waals surface area contributed by atoms with Gasteiger partial charge in [-0.1, -0.05) is 0 Å². The zero-order valence-electron chi connectivity index (χ0n) is 8.12. The highest BCUT2D eigenvalue weighted by molar-refractivity contribution is 5.77. The maximum atomic E-state index is 11.4. The molecule has 0 saturated carbocycles. The van der Waals surface area contributed by atoms with Crippen molar-refractivity contribution in [2.24, 2.45) is 0 Å². The minimum absolute atomic E-state index is 0.105. The summed E-state index contributed by atoms with van der Waals surface area (Å²) in [5.74, 6) is 0.105. The lowest BCUT2D eigenvalue weighted by molar-refractivity contribution is -0.135. The molecule has 0 bridgehead atoms. The van der Waals surface area contributed by atoms with E-state index in [0.717, 1.165) is 25.9 Å². The Bertz CT molecular complexity index is 155. The fourth-order valence-corrected chi connectivity index (χ4v) is 1.36. The van der Waals surface area contributed by atoms with Crippen LogP contribution >= 0.6 is 0 Å². The second-order valence-electron chi connectivity index (χ2n) is 3.13. The van der Waals surface area contributed by atoms with Gasteiger partial charge in [-0.05, 0) is 12.8 Å². The van der Waals surface area contributed by atoms with Crippen LogP contribution < -0.4 is 0 Å². The third kappa shape index (κ3) is 3.74. The van der Waals surface area contributed by atoms with Gasteiger partial charge in [0.05, 0.1) is 13.2 Å². The van der Waals surface area contributed by atoms with Crippen LogP contribution in [0.2, 0.25) is 0 Å². The maximum Gasteiger partial charge on any atom is 0.248 e. The molecule has 1 amide bonds. The van der Waals surface area contributed by atoms with Gasteiger partial charge in [-0.3, -0.25) is 4.79 Å². The summed E-state index contributed by atoms with van der Waals surface area (Å²) < 4.78 is 9.93. The number of carbonyl (C=O) groups excluding carboxylic acids is 1. The molecule has 1 saturated heterocycles. The Balaban J connectivity index is 2.03. The first-order chi connectivity index (χ1) is 6.34.